The van der Waals surface area contributed by atoms with Gasteiger partial charge in [0, 0.05) is 26.4 Å². The number of benzene rings is 2. The van der Waals surface area contributed by atoms with E-state index in [4.69, 9.17) is 5.73 Å². The first-order chi connectivity index (χ1) is 14.5. The van der Waals surface area contributed by atoms with Crippen molar-refractivity contribution >= 4 is 11.8 Å². The summed E-state index contributed by atoms with van der Waals surface area (Å²) in [5.74, 6) is -0.395. The molecule has 0 radical (unpaired) electrons. The molecule has 1 fully saturated rings. The highest BCUT2D eigenvalue weighted by Crippen LogP contribution is 2.24. The zero-order valence-electron chi connectivity index (χ0n) is 17.3. The molecule has 1 aliphatic rings. The average Bonchev–Trinajstić information content (AvgIpc) is 2.76. The summed E-state index contributed by atoms with van der Waals surface area (Å²) in [4.78, 5) is 24.9. The monoisotopic (exact) mass is 404 g/mol. The fourth-order valence-electron chi connectivity index (χ4n) is 4.01. The van der Waals surface area contributed by atoms with Gasteiger partial charge in [0.15, 0.2) is 0 Å². The van der Waals surface area contributed by atoms with E-state index in [9.17, 15) is 14.9 Å². The molecule has 2 amide bonds. The Bertz CT molecular complexity index is 933. The number of nitriles is 1. The van der Waals surface area contributed by atoms with Gasteiger partial charge < -0.3 is 11.1 Å². The normalized spacial score (nSPS) is 17.7. The van der Waals surface area contributed by atoms with Crippen LogP contribution in [0.4, 0.5) is 0 Å². The third-order valence-corrected chi connectivity index (χ3v) is 5.61. The second kappa shape index (κ2) is 10.0. The van der Waals surface area contributed by atoms with Gasteiger partial charge in [-0.3, -0.25) is 14.5 Å². The van der Waals surface area contributed by atoms with Crippen LogP contribution >= 0.6 is 0 Å². The van der Waals surface area contributed by atoms with Gasteiger partial charge in [0.2, 0.25) is 11.8 Å². The first-order valence-electron chi connectivity index (χ1n) is 10.4. The molecule has 1 aliphatic heterocycles. The van der Waals surface area contributed by atoms with E-state index < -0.39 is 0 Å². The van der Waals surface area contributed by atoms with Crippen molar-refractivity contribution in [2.24, 2.45) is 5.73 Å². The van der Waals surface area contributed by atoms with Crippen molar-refractivity contribution in [3.8, 4) is 17.2 Å². The number of hydrogen-bond donors (Lipinski definition) is 2. The molecule has 1 saturated heterocycles. The Labute approximate surface area is 177 Å². The minimum atomic E-state index is -0.366. The maximum Gasteiger partial charge on any atom is 0.234 e. The van der Waals surface area contributed by atoms with Crippen LogP contribution in [0.15, 0.2) is 48.5 Å². The van der Waals surface area contributed by atoms with E-state index >= 15 is 0 Å². The molecule has 1 unspecified atom stereocenters. The van der Waals surface area contributed by atoms with Crippen LogP contribution in [0.5, 0.6) is 0 Å². The number of primary amides is 1. The number of nitrogens with two attached hydrogens (primary N) is 1. The SMILES string of the molecule is CC(=O)NCc1cccc(-c2ccc(C[C@@H](C#N)N3CCCCC3C(N)=O)cc2)c1. The first kappa shape index (κ1) is 21.5. The summed E-state index contributed by atoms with van der Waals surface area (Å²) in [5.41, 5.74) is 9.80. The van der Waals surface area contributed by atoms with E-state index in [0.717, 1.165) is 48.1 Å². The Morgan fingerprint density at radius 3 is 2.60 bits per heavy atom. The minimum absolute atomic E-state index is 0.0518. The molecule has 2 atom stereocenters. The van der Waals surface area contributed by atoms with Crippen LogP contribution in [0.2, 0.25) is 0 Å². The summed E-state index contributed by atoms with van der Waals surface area (Å²) in [7, 11) is 0. The molecule has 30 heavy (non-hydrogen) atoms. The van der Waals surface area contributed by atoms with Gasteiger partial charge in [0.05, 0.1) is 12.1 Å². The van der Waals surface area contributed by atoms with E-state index in [0.29, 0.717) is 13.0 Å². The van der Waals surface area contributed by atoms with E-state index in [2.05, 4.69) is 17.5 Å². The lowest BCUT2D eigenvalue weighted by Crippen LogP contribution is -2.52. The van der Waals surface area contributed by atoms with Gasteiger partial charge in [-0.2, -0.15) is 5.26 Å². The molecule has 2 aromatic carbocycles. The van der Waals surface area contributed by atoms with Crippen molar-refractivity contribution < 1.29 is 9.59 Å². The van der Waals surface area contributed by atoms with Crippen molar-refractivity contribution in [1.29, 1.82) is 5.26 Å². The first-order valence-corrected chi connectivity index (χ1v) is 10.4. The molecule has 6 heteroatoms. The molecule has 156 valence electrons. The van der Waals surface area contributed by atoms with Crippen LogP contribution in [0.1, 0.15) is 37.3 Å². The highest BCUT2D eigenvalue weighted by Gasteiger charge is 2.32. The van der Waals surface area contributed by atoms with E-state index in [1.165, 1.54) is 6.92 Å². The summed E-state index contributed by atoms with van der Waals surface area (Å²) in [6.07, 6.45) is 3.23. The van der Waals surface area contributed by atoms with Gasteiger partial charge in [0.1, 0.15) is 6.04 Å². The summed E-state index contributed by atoms with van der Waals surface area (Å²) in [6.45, 7) is 2.74. The number of nitrogens with zero attached hydrogens (tertiary/aromatic N) is 2. The second-order valence-electron chi connectivity index (χ2n) is 7.81. The van der Waals surface area contributed by atoms with Crippen LogP contribution in [0.3, 0.4) is 0 Å². The van der Waals surface area contributed by atoms with Gasteiger partial charge in [-0.15, -0.1) is 0 Å². The maximum absolute atomic E-state index is 11.8. The van der Waals surface area contributed by atoms with Crippen molar-refractivity contribution in [3.63, 3.8) is 0 Å². The van der Waals surface area contributed by atoms with E-state index in [1.54, 1.807) is 0 Å². The van der Waals surface area contributed by atoms with Crippen molar-refractivity contribution in [1.82, 2.24) is 10.2 Å². The fraction of sp³-hybridized carbons (Fsp3) is 0.375. The van der Waals surface area contributed by atoms with Crippen LogP contribution in [0.25, 0.3) is 11.1 Å². The average molecular weight is 405 g/mol. The van der Waals surface area contributed by atoms with Gasteiger partial charge in [0.25, 0.3) is 0 Å². The molecule has 1 heterocycles. The smallest absolute Gasteiger partial charge is 0.234 e. The van der Waals surface area contributed by atoms with Gasteiger partial charge >= 0.3 is 0 Å². The topological polar surface area (TPSA) is 99.2 Å². The molecule has 2 aromatic rings. The van der Waals surface area contributed by atoms with E-state index in [-0.39, 0.29) is 23.9 Å². The number of likely N-dealkylation sites (tertiary alicyclic amines) is 1. The minimum Gasteiger partial charge on any atom is -0.368 e. The molecule has 0 spiro atoms. The number of piperidine rings is 1. The van der Waals surface area contributed by atoms with Crippen molar-refractivity contribution in [2.75, 3.05) is 6.54 Å². The number of rotatable bonds is 7. The zero-order valence-corrected chi connectivity index (χ0v) is 17.3. The van der Waals surface area contributed by atoms with Gasteiger partial charge in [-0.25, -0.2) is 0 Å². The largest absolute Gasteiger partial charge is 0.368 e. The summed E-state index contributed by atoms with van der Waals surface area (Å²) >= 11 is 0. The zero-order chi connectivity index (χ0) is 21.5. The maximum atomic E-state index is 11.8. The van der Waals surface area contributed by atoms with E-state index in [1.807, 2.05) is 47.4 Å². The summed E-state index contributed by atoms with van der Waals surface area (Å²) in [6, 6.07) is 17.9. The number of nitrogens with one attached hydrogen (secondary N) is 1. The fourth-order valence-corrected chi connectivity index (χ4v) is 4.01. The number of amides is 2. The second-order valence-corrected chi connectivity index (χ2v) is 7.81. The third-order valence-electron chi connectivity index (χ3n) is 5.61. The molecule has 3 N–H and O–H groups in total. The van der Waals surface area contributed by atoms with Crippen LogP contribution in [-0.4, -0.2) is 35.3 Å². The predicted molar refractivity (Wildman–Crippen MR) is 116 cm³/mol. The molecular weight excluding hydrogens is 376 g/mol. The summed E-state index contributed by atoms with van der Waals surface area (Å²) < 4.78 is 0. The predicted octanol–water partition coefficient (Wildman–Crippen LogP) is 2.76. The van der Waals surface area contributed by atoms with Crippen molar-refractivity contribution in [2.45, 2.75) is 51.2 Å². The third kappa shape index (κ3) is 5.46. The molecular formula is C24H28N4O2. The number of carbonyl (C=O) groups is 2. The van der Waals surface area contributed by atoms with Crippen LogP contribution in [0, 0.1) is 11.3 Å². The molecule has 3 rings (SSSR count). The Balaban J connectivity index is 1.71. The molecule has 0 aliphatic carbocycles. The Kier molecular flexibility index (Phi) is 7.21. The highest BCUT2D eigenvalue weighted by atomic mass is 16.2. The lowest BCUT2D eigenvalue weighted by Gasteiger charge is -2.36. The standard InChI is InChI=1S/C24H28N4O2/c1-17(29)27-16-19-5-4-6-21(13-19)20-10-8-18(9-11-20)14-22(15-25)28-12-3-2-7-23(28)24(26)30/h4-6,8-11,13,22-23H,2-3,7,12,14,16H2,1H3,(H2,26,30)(H,27,29)/t22-,23?/m0/s1. The number of carbonyl (C=O) groups excluding carboxylic acids is 2. The number of hydrogen-bond acceptors (Lipinski definition) is 4. The van der Waals surface area contributed by atoms with Crippen molar-refractivity contribution in [3.05, 3.63) is 59.7 Å². The van der Waals surface area contributed by atoms with Gasteiger partial charge in [-0.05, 0) is 41.2 Å². The Morgan fingerprint density at radius 2 is 1.93 bits per heavy atom. The highest BCUT2D eigenvalue weighted by molar-refractivity contribution is 5.80. The lowest BCUT2D eigenvalue weighted by molar-refractivity contribution is -0.125. The Hall–Kier alpha value is -3.17. The Morgan fingerprint density at radius 1 is 1.17 bits per heavy atom. The van der Waals surface area contributed by atoms with Crippen LogP contribution < -0.4 is 11.1 Å². The molecule has 0 bridgehead atoms. The molecule has 6 nitrogen and oxygen atoms in total. The summed E-state index contributed by atoms with van der Waals surface area (Å²) in [5, 5.41) is 12.5. The lowest BCUT2D eigenvalue weighted by atomic mass is 9.95. The quantitative estimate of drug-likeness (QED) is 0.741. The van der Waals surface area contributed by atoms with Gasteiger partial charge in [-0.1, -0.05) is 48.9 Å². The molecule has 0 aromatic heterocycles. The molecule has 0 saturated carbocycles. The van der Waals surface area contributed by atoms with Crippen LogP contribution in [-0.2, 0) is 22.6 Å².